The van der Waals surface area contributed by atoms with E-state index in [9.17, 15) is 14.9 Å². The van der Waals surface area contributed by atoms with Gasteiger partial charge in [-0.15, -0.1) is 0 Å². The van der Waals surface area contributed by atoms with E-state index < -0.39 is 4.92 Å². The van der Waals surface area contributed by atoms with Crippen molar-refractivity contribution in [1.82, 2.24) is 5.32 Å². The molecule has 17 heavy (non-hydrogen) atoms. The minimum absolute atomic E-state index is 0.0456. The summed E-state index contributed by atoms with van der Waals surface area (Å²) in [6.07, 6.45) is 0.600. The highest BCUT2D eigenvalue weighted by Gasteiger charge is 2.38. The second kappa shape index (κ2) is 3.53. The van der Waals surface area contributed by atoms with Crippen LogP contribution in [0, 0.1) is 10.1 Å². The summed E-state index contributed by atoms with van der Waals surface area (Å²) in [5, 5.41) is 13.5. The van der Waals surface area contributed by atoms with Crippen molar-refractivity contribution in [3.8, 4) is 0 Å². The lowest BCUT2D eigenvalue weighted by Crippen LogP contribution is -2.43. The van der Waals surface area contributed by atoms with E-state index in [1.165, 1.54) is 12.1 Å². The van der Waals surface area contributed by atoms with Gasteiger partial charge in [0.15, 0.2) is 0 Å². The number of hydrogen-bond acceptors (Lipinski definition) is 4. The van der Waals surface area contributed by atoms with E-state index in [4.69, 9.17) is 4.74 Å². The first kappa shape index (κ1) is 10.2. The lowest BCUT2D eigenvalue weighted by Gasteiger charge is -2.27. The van der Waals surface area contributed by atoms with E-state index in [0.29, 0.717) is 6.42 Å². The van der Waals surface area contributed by atoms with Crippen molar-refractivity contribution < 1.29 is 14.5 Å². The van der Waals surface area contributed by atoms with Crippen LogP contribution in [0.15, 0.2) is 18.2 Å². The number of carbonyl (C=O) groups is 1. The molecule has 1 aromatic carbocycles. The zero-order chi connectivity index (χ0) is 12.0. The molecule has 1 N–H and O–H groups in total. The molecule has 88 valence electrons. The number of nitrogens with one attached hydrogen (secondary N) is 1. The number of rotatable bonds is 1. The van der Waals surface area contributed by atoms with Crippen LogP contribution in [0.1, 0.15) is 17.2 Å². The maximum atomic E-state index is 11.3. The molecule has 0 spiro atoms. The lowest BCUT2D eigenvalue weighted by atomic mass is 10.1. The van der Waals surface area contributed by atoms with Crippen LogP contribution >= 0.6 is 0 Å². The first-order chi connectivity index (χ1) is 8.15. The number of amides is 1. The van der Waals surface area contributed by atoms with E-state index in [1.807, 2.05) is 0 Å². The molecule has 6 heteroatoms. The molecule has 3 rings (SSSR count). The van der Waals surface area contributed by atoms with Crippen molar-refractivity contribution in [2.45, 2.75) is 18.6 Å². The molecule has 1 amide bonds. The summed E-state index contributed by atoms with van der Waals surface area (Å²) in [6, 6.07) is 4.50. The molecule has 2 atom stereocenters. The molecular weight excluding hydrogens is 224 g/mol. The molecule has 1 fully saturated rings. The minimum Gasteiger partial charge on any atom is -0.366 e. The summed E-state index contributed by atoms with van der Waals surface area (Å²) in [4.78, 5) is 21.5. The molecular formula is C11H10N2O4. The average Bonchev–Trinajstić information content (AvgIpc) is 2.66. The SMILES string of the molecule is O=C1COC2Cc3ccc([N+](=O)[O-])cc3C2N1. The smallest absolute Gasteiger partial charge is 0.269 e. The van der Waals surface area contributed by atoms with Gasteiger partial charge >= 0.3 is 0 Å². The Morgan fingerprint density at radius 2 is 2.29 bits per heavy atom. The number of ether oxygens (including phenoxy) is 1. The molecule has 1 heterocycles. The van der Waals surface area contributed by atoms with Gasteiger partial charge in [-0.1, -0.05) is 6.07 Å². The molecule has 0 bridgehead atoms. The number of nitro groups is 1. The third-order valence-electron chi connectivity index (χ3n) is 3.21. The number of hydrogen-bond donors (Lipinski definition) is 1. The van der Waals surface area contributed by atoms with E-state index in [2.05, 4.69) is 5.32 Å². The van der Waals surface area contributed by atoms with Gasteiger partial charge in [-0.2, -0.15) is 0 Å². The Morgan fingerprint density at radius 1 is 1.47 bits per heavy atom. The Hall–Kier alpha value is -1.95. The van der Waals surface area contributed by atoms with Crippen molar-refractivity contribution in [3.05, 3.63) is 39.4 Å². The number of benzene rings is 1. The molecule has 1 aliphatic heterocycles. The molecule has 0 aromatic heterocycles. The van der Waals surface area contributed by atoms with Crippen LogP contribution in [0.2, 0.25) is 0 Å². The average molecular weight is 234 g/mol. The first-order valence-electron chi connectivity index (χ1n) is 5.33. The number of nitrogens with zero attached hydrogens (tertiary/aromatic N) is 1. The van der Waals surface area contributed by atoms with Gasteiger partial charge in [-0.3, -0.25) is 14.9 Å². The van der Waals surface area contributed by atoms with Crippen LogP contribution in [0.4, 0.5) is 5.69 Å². The normalized spacial score (nSPS) is 26.0. The zero-order valence-corrected chi connectivity index (χ0v) is 8.88. The number of carbonyl (C=O) groups excluding carboxylic acids is 1. The largest absolute Gasteiger partial charge is 0.366 e. The Kier molecular flexibility index (Phi) is 2.12. The van der Waals surface area contributed by atoms with Crippen molar-refractivity contribution in [3.63, 3.8) is 0 Å². The standard InChI is InChI=1S/C11H10N2O4/c14-10-5-17-9-3-6-1-2-7(13(15)16)4-8(6)11(9)12-10/h1-2,4,9,11H,3,5H2,(H,12,14). The van der Waals surface area contributed by atoms with E-state index in [0.717, 1.165) is 11.1 Å². The second-order valence-electron chi connectivity index (χ2n) is 4.24. The fourth-order valence-electron chi connectivity index (χ4n) is 2.43. The van der Waals surface area contributed by atoms with Crippen LogP contribution in [0.5, 0.6) is 0 Å². The Labute approximate surface area is 96.7 Å². The van der Waals surface area contributed by atoms with Gasteiger partial charge in [0.05, 0.1) is 17.1 Å². The number of nitro benzene ring substituents is 1. The van der Waals surface area contributed by atoms with Crippen LogP contribution in [0.25, 0.3) is 0 Å². The fourth-order valence-corrected chi connectivity index (χ4v) is 2.43. The molecule has 1 aromatic rings. The summed E-state index contributed by atoms with van der Waals surface area (Å²) in [5.74, 6) is -0.175. The van der Waals surface area contributed by atoms with Crippen molar-refractivity contribution in [2.24, 2.45) is 0 Å². The molecule has 0 saturated carbocycles. The Balaban J connectivity index is 2.01. The summed E-state index contributed by atoms with van der Waals surface area (Å²) in [7, 11) is 0. The highest BCUT2D eigenvalue weighted by atomic mass is 16.6. The molecule has 0 radical (unpaired) electrons. The van der Waals surface area contributed by atoms with Crippen LogP contribution in [0.3, 0.4) is 0 Å². The predicted molar refractivity (Wildman–Crippen MR) is 57.4 cm³/mol. The molecule has 2 unspecified atom stereocenters. The predicted octanol–water partition coefficient (Wildman–Crippen LogP) is 0.707. The molecule has 6 nitrogen and oxygen atoms in total. The topological polar surface area (TPSA) is 81.5 Å². The van der Waals surface area contributed by atoms with Crippen LogP contribution < -0.4 is 5.32 Å². The lowest BCUT2D eigenvalue weighted by molar-refractivity contribution is -0.384. The minimum atomic E-state index is -0.431. The maximum Gasteiger partial charge on any atom is 0.269 e. The van der Waals surface area contributed by atoms with Gasteiger partial charge in [0, 0.05) is 18.6 Å². The summed E-state index contributed by atoms with van der Waals surface area (Å²) in [5.41, 5.74) is 1.86. The second-order valence-corrected chi connectivity index (χ2v) is 4.24. The van der Waals surface area contributed by atoms with Crippen LogP contribution in [-0.4, -0.2) is 23.5 Å². The summed E-state index contributed by atoms with van der Waals surface area (Å²) >= 11 is 0. The third kappa shape index (κ3) is 1.57. The van der Waals surface area contributed by atoms with Crippen molar-refractivity contribution in [1.29, 1.82) is 0 Å². The van der Waals surface area contributed by atoms with E-state index >= 15 is 0 Å². The van der Waals surface area contributed by atoms with Crippen molar-refractivity contribution >= 4 is 11.6 Å². The van der Waals surface area contributed by atoms with Crippen LogP contribution in [-0.2, 0) is 16.0 Å². The third-order valence-corrected chi connectivity index (χ3v) is 3.21. The first-order valence-corrected chi connectivity index (χ1v) is 5.33. The zero-order valence-electron chi connectivity index (χ0n) is 8.88. The van der Waals surface area contributed by atoms with Gasteiger partial charge in [0.1, 0.15) is 6.61 Å². The summed E-state index contributed by atoms with van der Waals surface area (Å²) < 4.78 is 5.42. The van der Waals surface area contributed by atoms with Crippen molar-refractivity contribution in [2.75, 3.05) is 6.61 Å². The monoisotopic (exact) mass is 234 g/mol. The van der Waals surface area contributed by atoms with Gasteiger partial charge in [0.25, 0.3) is 5.69 Å². The highest BCUT2D eigenvalue weighted by molar-refractivity contribution is 5.79. The number of fused-ring (bicyclic) bond motifs is 3. The molecule has 2 aliphatic rings. The Morgan fingerprint density at radius 3 is 3.06 bits per heavy atom. The molecule has 1 aliphatic carbocycles. The highest BCUT2D eigenvalue weighted by Crippen LogP contribution is 2.36. The number of morpholine rings is 1. The van der Waals surface area contributed by atoms with E-state index in [1.54, 1.807) is 6.07 Å². The van der Waals surface area contributed by atoms with E-state index in [-0.39, 0.29) is 30.3 Å². The fraction of sp³-hybridized carbons (Fsp3) is 0.364. The van der Waals surface area contributed by atoms with Gasteiger partial charge in [-0.05, 0) is 11.1 Å². The quantitative estimate of drug-likeness (QED) is 0.573. The number of non-ortho nitro benzene ring substituents is 1. The van der Waals surface area contributed by atoms with Gasteiger partial charge in [-0.25, -0.2) is 0 Å². The van der Waals surface area contributed by atoms with Gasteiger partial charge < -0.3 is 10.1 Å². The summed E-state index contributed by atoms with van der Waals surface area (Å²) in [6.45, 7) is 0.0667. The Bertz CT molecular complexity index is 514. The maximum absolute atomic E-state index is 11.3. The van der Waals surface area contributed by atoms with Gasteiger partial charge in [0.2, 0.25) is 5.91 Å². The molecule has 1 saturated heterocycles.